The van der Waals surface area contributed by atoms with Crippen LogP contribution in [0.15, 0.2) is 55.1 Å². The zero-order valence-corrected chi connectivity index (χ0v) is 13.1. The number of hydrogen-bond acceptors (Lipinski definition) is 3. The lowest BCUT2D eigenvalue weighted by atomic mass is 10.2. The van der Waals surface area contributed by atoms with E-state index in [2.05, 4.69) is 17.4 Å². The second kappa shape index (κ2) is 7.73. The first kappa shape index (κ1) is 16.2. The lowest BCUT2D eigenvalue weighted by Gasteiger charge is -2.12. The van der Waals surface area contributed by atoms with Gasteiger partial charge in [-0.05, 0) is 23.8 Å². The van der Waals surface area contributed by atoms with Gasteiger partial charge in [0, 0.05) is 5.02 Å². The number of hydrogen-bond donors (Lipinski definition) is 2. The molecule has 0 bridgehead atoms. The molecule has 0 fully saturated rings. The van der Waals surface area contributed by atoms with E-state index < -0.39 is 0 Å². The molecule has 0 unspecified atom stereocenters. The van der Waals surface area contributed by atoms with E-state index >= 15 is 0 Å². The van der Waals surface area contributed by atoms with Crippen molar-refractivity contribution in [1.82, 2.24) is 10.9 Å². The fraction of sp³-hybridized carbons (Fsp3) is 0.0625. The van der Waals surface area contributed by atoms with E-state index in [1.807, 2.05) is 30.3 Å². The largest absolute Gasteiger partial charge is 0.482 e. The summed E-state index contributed by atoms with van der Waals surface area (Å²) in [6.45, 7) is 3.65. The van der Waals surface area contributed by atoms with Crippen molar-refractivity contribution < 1.29 is 9.53 Å². The highest BCUT2D eigenvalue weighted by molar-refractivity contribution is 6.35. The normalized spacial score (nSPS) is 9.91. The van der Waals surface area contributed by atoms with Gasteiger partial charge in [-0.3, -0.25) is 15.6 Å². The fourth-order valence-corrected chi connectivity index (χ4v) is 2.09. The van der Waals surface area contributed by atoms with Crippen molar-refractivity contribution in [3.8, 4) is 5.75 Å². The van der Waals surface area contributed by atoms with Crippen LogP contribution < -0.4 is 15.6 Å². The average Bonchev–Trinajstić information content (AvgIpc) is 2.52. The zero-order valence-electron chi connectivity index (χ0n) is 11.6. The van der Waals surface area contributed by atoms with Crippen molar-refractivity contribution in [3.05, 3.63) is 70.7 Å². The summed E-state index contributed by atoms with van der Waals surface area (Å²) in [5, 5.41) is 0.851. The minimum Gasteiger partial charge on any atom is -0.482 e. The van der Waals surface area contributed by atoms with Crippen LogP contribution in [0, 0.1) is 0 Å². The van der Waals surface area contributed by atoms with Crippen LogP contribution in [0.1, 0.15) is 5.56 Å². The highest BCUT2D eigenvalue weighted by Gasteiger charge is 2.07. The van der Waals surface area contributed by atoms with Crippen LogP contribution in [0.25, 0.3) is 5.70 Å². The number of halogens is 2. The van der Waals surface area contributed by atoms with Gasteiger partial charge in [-0.2, -0.15) is 0 Å². The zero-order chi connectivity index (χ0) is 15.9. The summed E-state index contributed by atoms with van der Waals surface area (Å²) >= 11 is 11.7. The van der Waals surface area contributed by atoms with Crippen LogP contribution in [0.4, 0.5) is 0 Å². The highest BCUT2D eigenvalue weighted by Crippen LogP contribution is 2.27. The molecule has 0 radical (unpaired) electrons. The molecule has 2 N–H and O–H groups in total. The second-order valence-electron chi connectivity index (χ2n) is 4.38. The van der Waals surface area contributed by atoms with E-state index in [1.54, 1.807) is 18.2 Å². The number of hydrazine groups is 1. The standard InChI is InChI=1S/C16H14Cl2N2O2/c1-11(12-5-3-2-4-6-12)19-20-16(21)10-22-15-8-7-13(17)9-14(15)18/h2-9,19H,1,10H2,(H,20,21). The molecule has 22 heavy (non-hydrogen) atoms. The molecular formula is C16H14Cl2N2O2. The number of carbonyl (C=O) groups excluding carboxylic acids is 1. The van der Waals surface area contributed by atoms with Gasteiger partial charge in [0.2, 0.25) is 0 Å². The van der Waals surface area contributed by atoms with Crippen molar-refractivity contribution in [2.75, 3.05) is 6.61 Å². The first-order valence-corrected chi connectivity index (χ1v) is 7.19. The third-order valence-corrected chi connectivity index (χ3v) is 3.26. The van der Waals surface area contributed by atoms with Crippen LogP contribution >= 0.6 is 23.2 Å². The molecule has 0 aliphatic rings. The summed E-state index contributed by atoms with van der Waals surface area (Å²) in [7, 11) is 0. The van der Waals surface area contributed by atoms with Gasteiger partial charge in [0.05, 0.1) is 10.7 Å². The molecule has 4 nitrogen and oxygen atoms in total. The van der Waals surface area contributed by atoms with Crippen molar-refractivity contribution in [3.63, 3.8) is 0 Å². The molecule has 2 aromatic carbocycles. The molecule has 0 spiro atoms. The van der Waals surface area contributed by atoms with Gasteiger partial charge in [-0.1, -0.05) is 60.1 Å². The highest BCUT2D eigenvalue weighted by atomic mass is 35.5. The molecule has 0 saturated heterocycles. The molecule has 0 aliphatic heterocycles. The van der Waals surface area contributed by atoms with E-state index in [9.17, 15) is 4.79 Å². The Hall–Kier alpha value is -2.17. The van der Waals surface area contributed by atoms with Crippen LogP contribution in [0.5, 0.6) is 5.75 Å². The SMILES string of the molecule is C=C(NNC(=O)COc1ccc(Cl)cc1Cl)c1ccccc1. The molecular weight excluding hydrogens is 323 g/mol. The van der Waals surface area contributed by atoms with Gasteiger partial charge in [-0.15, -0.1) is 0 Å². The third-order valence-electron chi connectivity index (χ3n) is 2.73. The van der Waals surface area contributed by atoms with Crippen molar-refractivity contribution in [2.24, 2.45) is 0 Å². The predicted molar refractivity (Wildman–Crippen MR) is 88.7 cm³/mol. The maximum absolute atomic E-state index is 11.7. The molecule has 1 amide bonds. The van der Waals surface area contributed by atoms with E-state index in [1.165, 1.54) is 0 Å². The maximum atomic E-state index is 11.7. The van der Waals surface area contributed by atoms with E-state index in [0.717, 1.165) is 5.56 Å². The van der Waals surface area contributed by atoms with Gasteiger partial charge in [-0.25, -0.2) is 0 Å². The number of benzene rings is 2. The van der Waals surface area contributed by atoms with Crippen molar-refractivity contribution in [1.29, 1.82) is 0 Å². The van der Waals surface area contributed by atoms with Crippen LogP contribution in [0.3, 0.4) is 0 Å². The van der Waals surface area contributed by atoms with Gasteiger partial charge in [0.1, 0.15) is 5.75 Å². The Balaban J connectivity index is 1.80. The summed E-state index contributed by atoms with van der Waals surface area (Å²) in [4.78, 5) is 11.7. The monoisotopic (exact) mass is 336 g/mol. The Morgan fingerprint density at radius 3 is 2.50 bits per heavy atom. The van der Waals surface area contributed by atoms with Crippen molar-refractivity contribution in [2.45, 2.75) is 0 Å². The molecule has 0 aliphatic carbocycles. The van der Waals surface area contributed by atoms with Crippen LogP contribution in [-0.4, -0.2) is 12.5 Å². The summed E-state index contributed by atoms with van der Waals surface area (Å²) in [5.41, 5.74) is 6.69. The number of carbonyl (C=O) groups is 1. The first-order chi connectivity index (χ1) is 10.6. The molecule has 6 heteroatoms. The van der Waals surface area contributed by atoms with Gasteiger partial charge in [0.15, 0.2) is 6.61 Å². The quantitative estimate of drug-likeness (QED) is 0.791. The number of rotatable bonds is 6. The van der Waals surface area contributed by atoms with E-state index in [4.69, 9.17) is 27.9 Å². The number of ether oxygens (including phenoxy) is 1. The predicted octanol–water partition coefficient (Wildman–Crippen LogP) is 3.66. The lowest BCUT2D eigenvalue weighted by molar-refractivity contribution is -0.123. The third kappa shape index (κ3) is 4.69. The molecule has 2 rings (SSSR count). The smallest absolute Gasteiger partial charge is 0.276 e. The van der Waals surface area contributed by atoms with Gasteiger partial charge in [0.25, 0.3) is 5.91 Å². The van der Waals surface area contributed by atoms with Crippen LogP contribution in [0.2, 0.25) is 10.0 Å². The Morgan fingerprint density at radius 1 is 1.09 bits per heavy atom. The molecule has 0 saturated carbocycles. The number of amides is 1. The van der Waals surface area contributed by atoms with E-state index in [0.29, 0.717) is 21.5 Å². The summed E-state index contributed by atoms with van der Waals surface area (Å²) in [5.74, 6) is 0.0335. The molecule has 114 valence electrons. The minimum absolute atomic E-state index is 0.184. The molecule has 0 atom stereocenters. The summed E-state index contributed by atoms with van der Waals surface area (Å²) < 4.78 is 5.32. The topological polar surface area (TPSA) is 50.4 Å². The summed E-state index contributed by atoms with van der Waals surface area (Å²) in [6.07, 6.45) is 0. The Bertz CT molecular complexity index is 675. The fourth-order valence-electron chi connectivity index (χ4n) is 1.63. The molecule has 2 aromatic rings. The number of nitrogens with one attached hydrogen (secondary N) is 2. The van der Waals surface area contributed by atoms with E-state index in [-0.39, 0.29) is 12.5 Å². The Labute approximate surface area is 138 Å². The molecule has 0 heterocycles. The Kier molecular flexibility index (Phi) is 5.69. The van der Waals surface area contributed by atoms with Gasteiger partial charge >= 0.3 is 0 Å². The van der Waals surface area contributed by atoms with Gasteiger partial charge < -0.3 is 4.74 Å². The summed E-state index contributed by atoms with van der Waals surface area (Å²) in [6, 6.07) is 14.2. The minimum atomic E-state index is -0.358. The first-order valence-electron chi connectivity index (χ1n) is 6.43. The second-order valence-corrected chi connectivity index (χ2v) is 5.22. The van der Waals surface area contributed by atoms with Crippen molar-refractivity contribution >= 4 is 34.8 Å². The average molecular weight is 337 g/mol. The molecule has 0 aromatic heterocycles. The Morgan fingerprint density at radius 2 is 1.82 bits per heavy atom. The van der Waals surface area contributed by atoms with Crippen LogP contribution in [-0.2, 0) is 4.79 Å². The lowest BCUT2D eigenvalue weighted by Crippen LogP contribution is -2.38. The maximum Gasteiger partial charge on any atom is 0.276 e.